The first-order chi connectivity index (χ1) is 16.4. The summed E-state index contributed by atoms with van der Waals surface area (Å²) in [6.07, 6.45) is 4.78. The number of anilines is 1. The van der Waals surface area contributed by atoms with Gasteiger partial charge in [0.1, 0.15) is 11.8 Å². The number of hydrogen-bond donors (Lipinski definition) is 3. The van der Waals surface area contributed by atoms with Crippen molar-refractivity contribution in [1.82, 2.24) is 10.6 Å². The van der Waals surface area contributed by atoms with E-state index < -0.39 is 30.4 Å². The molecule has 3 rings (SSSR count). The number of amides is 3. The number of carbonyl (C=O) groups is 4. The number of hydrogen-bond acceptors (Lipinski definition) is 6. The van der Waals surface area contributed by atoms with Crippen molar-refractivity contribution in [3.63, 3.8) is 0 Å². The molecule has 0 heterocycles. The zero-order valence-electron chi connectivity index (χ0n) is 19.0. The van der Waals surface area contributed by atoms with Crippen molar-refractivity contribution in [2.45, 2.75) is 31.8 Å². The molecule has 0 radical (unpaired) electrons. The first-order valence-electron chi connectivity index (χ1n) is 10.8. The highest BCUT2D eigenvalue weighted by Gasteiger charge is 2.25. The molecule has 1 unspecified atom stereocenters. The fourth-order valence-electron chi connectivity index (χ4n) is 2.94. The van der Waals surface area contributed by atoms with E-state index in [0.717, 1.165) is 18.4 Å². The first kappa shape index (κ1) is 24.5. The summed E-state index contributed by atoms with van der Waals surface area (Å²) in [5.74, 6) is -1.42. The van der Waals surface area contributed by atoms with Crippen LogP contribution < -0.4 is 20.7 Å². The molecule has 3 N–H and O–H groups in total. The van der Waals surface area contributed by atoms with E-state index in [1.54, 1.807) is 61.7 Å². The molecule has 0 spiro atoms. The van der Waals surface area contributed by atoms with Crippen LogP contribution in [0.25, 0.3) is 6.08 Å². The van der Waals surface area contributed by atoms with Gasteiger partial charge in [-0.05, 0) is 55.7 Å². The van der Waals surface area contributed by atoms with Crippen LogP contribution in [-0.4, -0.2) is 49.5 Å². The highest BCUT2D eigenvalue weighted by atomic mass is 16.5. The molecule has 1 aliphatic rings. The summed E-state index contributed by atoms with van der Waals surface area (Å²) in [7, 11) is 1.57. The number of ether oxygens (including phenoxy) is 2. The van der Waals surface area contributed by atoms with E-state index in [0.29, 0.717) is 17.0 Å². The number of rotatable bonds is 10. The Labute approximate surface area is 197 Å². The quantitative estimate of drug-likeness (QED) is 0.366. The minimum absolute atomic E-state index is 0.181. The van der Waals surface area contributed by atoms with Gasteiger partial charge in [0.2, 0.25) is 5.91 Å². The minimum atomic E-state index is -0.961. The summed E-state index contributed by atoms with van der Waals surface area (Å²) in [5.41, 5.74) is 1.44. The maximum atomic E-state index is 12.3. The van der Waals surface area contributed by atoms with Crippen molar-refractivity contribution in [2.75, 3.05) is 19.0 Å². The van der Waals surface area contributed by atoms with E-state index in [-0.39, 0.29) is 11.9 Å². The molecule has 0 aromatic heterocycles. The lowest BCUT2D eigenvalue weighted by atomic mass is 10.1. The summed E-state index contributed by atoms with van der Waals surface area (Å²) < 4.78 is 10.1. The molecule has 34 heavy (non-hydrogen) atoms. The van der Waals surface area contributed by atoms with Gasteiger partial charge in [0.05, 0.1) is 18.4 Å². The molecule has 0 bridgehead atoms. The smallest absolute Gasteiger partial charge is 0.328 e. The number of esters is 1. The van der Waals surface area contributed by atoms with Crippen LogP contribution in [0.3, 0.4) is 0 Å². The Balaban J connectivity index is 1.44. The van der Waals surface area contributed by atoms with Crippen molar-refractivity contribution in [3.05, 3.63) is 65.7 Å². The third-order valence-corrected chi connectivity index (χ3v) is 4.96. The van der Waals surface area contributed by atoms with Gasteiger partial charge >= 0.3 is 5.97 Å². The van der Waals surface area contributed by atoms with Crippen LogP contribution in [-0.2, 0) is 19.1 Å². The Morgan fingerprint density at radius 1 is 1.06 bits per heavy atom. The van der Waals surface area contributed by atoms with Gasteiger partial charge in [0, 0.05) is 12.1 Å². The lowest BCUT2D eigenvalue weighted by molar-refractivity contribution is -0.149. The molecule has 2 aromatic carbocycles. The predicted octanol–water partition coefficient (Wildman–Crippen LogP) is 2.29. The second kappa shape index (κ2) is 11.6. The molecular formula is C25H27N3O6. The number of para-hydroxylation sites is 1. The summed E-state index contributed by atoms with van der Waals surface area (Å²) in [6, 6.07) is 12.9. The molecule has 1 atom stereocenters. The van der Waals surface area contributed by atoms with Gasteiger partial charge < -0.3 is 25.4 Å². The zero-order chi connectivity index (χ0) is 24.5. The molecule has 1 fully saturated rings. The first-order valence-corrected chi connectivity index (χ1v) is 10.8. The van der Waals surface area contributed by atoms with Crippen LogP contribution in [0, 0.1) is 0 Å². The summed E-state index contributed by atoms with van der Waals surface area (Å²) in [5, 5.41) is 7.93. The third-order valence-electron chi connectivity index (χ3n) is 4.96. The SMILES string of the molecule is COc1ccc(C=CC(=O)NC(C)C(=O)OCC(=O)Nc2ccccc2C(=O)NC2CC2)cc1. The Bertz CT molecular complexity index is 1080. The highest BCUT2D eigenvalue weighted by molar-refractivity contribution is 6.04. The van der Waals surface area contributed by atoms with Gasteiger partial charge in [-0.2, -0.15) is 0 Å². The van der Waals surface area contributed by atoms with Crippen LogP contribution in [0.1, 0.15) is 35.7 Å². The average molecular weight is 466 g/mol. The summed E-state index contributed by atoms with van der Waals surface area (Å²) in [6.45, 7) is 0.899. The second-order valence-corrected chi connectivity index (χ2v) is 7.79. The van der Waals surface area contributed by atoms with Crippen molar-refractivity contribution in [3.8, 4) is 5.75 Å². The molecular weight excluding hydrogens is 438 g/mol. The minimum Gasteiger partial charge on any atom is -0.497 e. The molecule has 0 saturated heterocycles. The average Bonchev–Trinajstić information content (AvgIpc) is 3.65. The maximum absolute atomic E-state index is 12.3. The van der Waals surface area contributed by atoms with E-state index in [1.165, 1.54) is 13.0 Å². The predicted molar refractivity (Wildman–Crippen MR) is 126 cm³/mol. The van der Waals surface area contributed by atoms with Gasteiger partial charge in [0.25, 0.3) is 11.8 Å². The largest absolute Gasteiger partial charge is 0.497 e. The van der Waals surface area contributed by atoms with Crippen molar-refractivity contribution in [2.24, 2.45) is 0 Å². The fourth-order valence-corrected chi connectivity index (χ4v) is 2.94. The number of benzene rings is 2. The molecule has 9 nitrogen and oxygen atoms in total. The fraction of sp³-hybridized carbons (Fsp3) is 0.280. The molecule has 9 heteroatoms. The van der Waals surface area contributed by atoms with E-state index in [2.05, 4.69) is 16.0 Å². The molecule has 1 saturated carbocycles. The number of carbonyl (C=O) groups excluding carboxylic acids is 4. The summed E-state index contributed by atoms with van der Waals surface area (Å²) in [4.78, 5) is 48.8. The van der Waals surface area contributed by atoms with Crippen LogP contribution in [0.15, 0.2) is 54.6 Å². The van der Waals surface area contributed by atoms with Crippen LogP contribution in [0.2, 0.25) is 0 Å². The normalized spacial score (nSPS) is 13.6. The van der Waals surface area contributed by atoms with Gasteiger partial charge in [-0.3, -0.25) is 14.4 Å². The van der Waals surface area contributed by atoms with E-state index in [9.17, 15) is 19.2 Å². The molecule has 2 aromatic rings. The van der Waals surface area contributed by atoms with Crippen molar-refractivity contribution < 1.29 is 28.7 Å². The third kappa shape index (κ3) is 7.47. The van der Waals surface area contributed by atoms with Crippen molar-refractivity contribution in [1.29, 1.82) is 0 Å². The maximum Gasteiger partial charge on any atom is 0.328 e. The lowest BCUT2D eigenvalue weighted by Gasteiger charge is -2.13. The standard InChI is InChI=1S/C25H27N3O6/c1-16(26-22(29)14-9-17-7-12-19(33-2)13-8-17)25(32)34-15-23(30)28-21-6-4-3-5-20(21)24(31)27-18-10-11-18/h3-9,12-14,16,18H,10-11,15H2,1-2H3,(H,26,29)(H,27,31)(H,28,30). The van der Waals surface area contributed by atoms with Gasteiger partial charge in [-0.1, -0.05) is 24.3 Å². The van der Waals surface area contributed by atoms with Crippen LogP contribution in [0.5, 0.6) is 5.75 Å². The van der Waals surface area contributed by atoms with E-state index in [1.807, 2.05) is 0 Å². The Morgan fingerprint density at radius 2 is 1.76 bits per heavy atom. The molecule has 3 amide bonds. The molecule has 1 aliphatic carbocycles. The van der Waals surface area contributed by atoms with E-state index >= 15 is 0 Å². The lowest BCUT2D eigenvalue weighted by Crippen LogP contribution is -2.39. The number of nitrogens with one attached hydrogen (secondary N) is 3. The Morgan fingerprint density at radius 3 is 2.44 bits per heavy atom. The van der Waals surface area contributed by atoms with Crippen LogP contribution in [0.4, 0.5) is 5.69 Å². The topological polar surface area (TPSA) is 123 Å². The van der Waals surface area contributed by atoms with Gasteiger partial charge in [-0.25, -0.2) is 4.79 Å². The van der Waals surface area contributed by atoms with Gasteiger partial charge in [0.15, 0.2) is 6.61 Å². The Hall–Kier alpha value is -4.14. The summed E-state index contributed by atoms with van der Waals surface area (Å²) >= 11 is 0. The second-order valence-electron chi connectivity index (χ2n) is 7.79. The van der Waals surface area contributed by atoms with Gasteiger partial charge in [-0.15, -0.1) is 0 Å². The zero-order valence-corrected chi connectivity index (χ0v) is 19.0. The van der Waals surface area contributed by atoms with E-state index in [4.69, 9.17) is 9.47 Å². The number of methoxy groups -OCH3 is 1. The Kier molecular flexibility index (Phi) is 8.39. The monoisotopic (exact) mass is 465 g/mol. The van der Waals surface area contributed by atoms with Crippen molar-refractivity contribution >= 4 is 35.5 Å². The molecule has 0 aliphatic heterocycles. The molecule has 178 valence electrons. The van der Waals surface area contributed by atoms with Crippen LogP contribution >= 0.6 is 0 Å². The highest BCUT2D eigenvalue weighted by Crippen LogP contribution is 2.21.